The van der Waals surface area contributed by atoms with Crippen molar-refractivity contribution >= 4 is 5.91 Å². The van der Waals surface area contributed by atoms with Gasteiger partial charge >= 0.3 is 0 Å². The molecule has 18 heavy (non-hydrogen) atoms. The van der Waals surface area contributed by atoms with Crippen molar-refractivity contribution in [3.8, 4) is 0 Å². The summed E-state index contributed by atoms with van der Waals surface area (Å²) in [5, 5.41) is 12.3. The zero-order valence-electron chi connectivity index (χ0n) is 10.7. The summed E-state index contributed by atoms with van der Waals surface area (Å²) in [5.41, 5.74) is 2.33. The summed E-state index contributed by atoms with van der Waals surface area (Å²) < 4.78 is 0. The highest BCUT2D eigenvalue weighted by atomic mass is 16.3. The number of amides is 1. The van der Waals surface area contributed by atoms with E-state index in [-0.39, 0.29) is 12.0 Å². The van der Waals surface area contributed by atoms with Gasteiger partial charge in [0.25, 0.3) is 0 Å². The number of benzene rings is 1. The van der Waals surface area contributed by atoms with Crippen LogP contribution >= 0.6 is 0 Å². The smallest absolute Gasteiger partial charge is 0.234 e. The molecule has 0 aliphatic carbocycles. The molecule has 0 aromatic heterocycles. The molecule has 1 atom stereocenters. The molecule has 1 aromatic carbocycles. The molecule has 0 bridgehead atoms. The Hall–Kier alpha value is -1.39. The third-order valence-electron chi connectivity index (χ3n) is 3.22. The van der Waals surface area contributed by atoms with Gasteiger partial charge in [-0.3, -0.25) is 9.69 Å². The minimum Gasteiger partial charge on any atom is -0.392 e. The van der Waals surface area contributed by atoms with Crippen molar-refractivity contribution in [3.63, 3.8) is 0 Å². The standard InChI is InChI=1S/C14H20N2O2/c1-11-2-4-12(5-3-11)8-15-14(18)10-16-7-6-13(17)9-16/h2-5,13,17H,6-10H2,1H3,(H,15,18). The Morgan fingerprint density at radius 1 is 1.44 bits per heavy atom. The molecule has 4 nitrogen and oxygen atoms in total. The topological polar surface area (TPSA) is 52.6 Å². The van der Waals surface area contributed by atoms with Gasteiger partial charge < -0.3 is 10.4 Å². The summed E-state index contributed by atoms with van der Waals surface area (Å²) in [5.74, 6) is 0.0182. The molecule has 1 fully saturated rings. The first-order valence-corrected chi connectivity index (χ1v) is 6.36. The second-order valence-electron chi connectivity index (χ2n) is 4.94. The van der Waals surface area contributed by atoms with E-state index < -0.39 is 0 Å². The summed E-state index contributed by atoms with van der Waals surface area (Å²) in [6, 6.07) is 8.13. The minimum atomic E-state index is -0.269. The Morgan fingerprint density at radius 2 is 2.17 bits per heavy atom. The molecule has 1 heterocycles. The van der Waals surface area contributed by atoms with Crippen molar-refractivity contribution in [1.82, 2.24) is 10.2 Å². The number of hydrogen-bond acceptors (Lipinski definition) is 3. The Kier molecular flexibility index (Phi) is 4.33. The molecule has 0 radical (unpaired) electrons. The number of nitrogens with zero attached hydrogens (tertiary/aromatic N) is 1. The van der Waals surface area contributed by atoms with Gasteiger partial charge in [-0.1, -0.05) is 29.8 Å². The summed E-state index contributed by atoms with van der Waals surface area (Å²) in [4.78, 5) is 13.7. The molecule has 1 aliphatic rings. The Balaban J connectivity index is 1.73. The average molecular weight is 248 g/mol. The molecular formula is C14H20N2O2. The maximum Gasteiger partial charge on any atom is 0.234 e. The second kappa shape index (κ2) is 5.98. The summed E-state index contributed by atoms with van der Waals surface area (Å²) in [6.45, 7) is 4.40. The van der Waals surface area contributed by atoms with Crippen LogP contribution in [-0.4, -0.2) is 41.7 Å². The molecule has 2 rings (SSSR count). The van der Waals surface area contributed by atoms with Crippen LogP contribution in [0.2, 0.25) is 0 Å². The van der Waals surface area contributed by atoms with E-state index in [4.69, 9.17) is 0 Å². The third-order valence-corrected chi connectivity index (χ3v) is 3.22. The summed E-state index contributed by atoms with van der Waals surface area (Å²) in [6.07, 6.45) is 0.500. The number of nitrogens with one attached hydrogen (secondary N) is 1. The first-order chi connectivity index (χ1) is 8.63. The van der Waals surface area contributed by atoms with Crippen LogP contribution in [0.3, 0.4) is 0 Å². The lowest BCUT2D eigenvalue weighted by Gasteiger charge is -2.14. The number of carbonyl (C=O) groups is 1. The zero-order valence-corrected chi connectivity index (χ0v) is 10.7. The van der Waals surface area contributed by atoms with Gasteiger partial charge in [0.05, 0.1) is 12.6 Å². The predicted octanol–water partition coefficient (Wildman–Crippen LogP) is 0.678. The highest BCUT2D eigenvalue weighted by molar-refractivity contribution is 5.78. The lowest BCUT2D eigenvalue weighted by atomic mass is 10.1. The van der Waals surface area contributed by atoms with E-state index >= 15 is 0 Å². The first kappa shape index (κ1) is 13.1. The van der Waals surface area contributed by atoms with Crippen molar-refractivity contribution in [2.24, 2.45) is 0 Å². The van der Waals surface area contributed by atoms with Crippen LogP contribution < -0.4 is 5.32 Å². The van der Waals surface area contributed by atoms with Crippen molar-refractivity contribution in [3.05, 3.63) is 35.4 Å². The predicted molar refractivity (Wildman–Crippen MR) is 70.1 cm³/mol. The number of aliphatic hydroxyl groups is 1. The Morgan fingerprint density at radius 3 is 2.78 bits per heavy atom. The number of β-amino-alcohol motifs (C(OH)–C–C–N with tert-alkyl or cyclic N) is 1. The quantitative estimate of drug-likeness (QED) is 0.824. The number of rotatable bonds is 4. The fourth-order valence-corrected chi connectivity index (χ4v) is 2.12. The van der Waals surface area contributed by atoms with Crippen LogP contribution in [0.1, 0.15) is 17.5 Å². The molecule has 0 saturated carbocycles. The Bertz CT molecular complexity index is 403. The zero-order chi connectivity index (χ0) is 13.0. The first-order valence-electron chi connectivity index (χ1n) is 6.36. The summed E-state index contributed by atoms with van der Waals surface area (Å²) >= 11 is 0. The molecular weight excluding hydrogens is 228 g/mol. The van der Waals surface area contributed by atoms with Gasteiger partial charge in [-0.05, 0) is 18.9 Å². The van der Waals surface area contributed by atoms with Crippen molar-refractivity contribution in [1.29, 1.82) is 0 Å². The Labute approximate surface area is 108 Å². The minimum absolute atomic E-state index is 0.0182. The van der Waals surface area contributed by atoms with Gasteiger partial charge in [-0.2, -0.15) is 0 Å². The highest BCUT2D eigenvalue weighted by Crippen LogP contribution is 2.07. The molecule has 98 valence electrons. The lowest BCUT2D eigenvalue weighted by Crippen LogP contribution is -2.36. The normalized spacial score (nSPS) is 20.0. The van der Waals surface area contributed by atoms with Gasteiger partial charge in [-0.25, -0.2) is 0 Å². The van der Waals surface area contributed by atoms with E-state index in [0.717, 1.165) is 18.5 Å². The third kappa shape index (κ3) is 3.82. The number of carbonyl (C=O) groups excluding carboxylic acids is 1. The van der Waals surface area contributed by atoms with Crippen LogP contribution in [0.4, 0.5) is 0 Å². The molecule has 2 N–H and O–H groups in total. The molecule has 1 aliphatic heterocycles. The van der Waals surface area contributed by atoms with Crippen LogP contribution in [0, 0.1) is 6.92 Å². The molecule has 1 unspecified atom stereocenters. The largest absolute Gasteiger partial charge is 0.392 e. The molecule has 1 saturated heterocycles. The SMILES string of the molecule is Cc1ccc(CNC(=O)CN2CCC(O)C2)cc1. The van der Waals surface area contributed by atoms with E-state index in [1.807, 2.05) is 36.1 Å². The van der Waals surface area contributed by atoms with Gasteiger partial charge in [0.1, 0.15) is 0 Å². The fraction of sp³-hybridized carbons (Fsp3) is 0.500. The number of likely N-dealkylation sites (tertiary alicyclic amines) is 1. The number of aryl methyl sites for hydroxylation is 1. The van der Waals surface area contributed by atoms with Gasteiger partial charge in [0.2, 0.25) is 5.91 Å². The van der Waals surface area contributed by atoms with E-state index in [1.54, 1.807) is 0 Å². The molecule has 0 spiro atoms. The fourth-order valence-electron chi connectivity index (χ4n) is 2.12. The summed E-state index contributed by atoms with van der Waals surface area (Å²) in [7, 11) is 0. The maximum atomic E-state index is 11.7. The molecule has 1 amide bonds. The van der Waals surface area contributed by atoms with E-state index in [1.165, 1.54) is 5.56 Å². The lowest BCUT2D eigenvalue weighted by molar-refractivity contribution is -0.122. The average Bonchev–Trinajstić information content (AvgIpc) is 2.74. The van der Waals surface area contributed by atoms with Crippen LogP contribution in [0.15, 0.2) is 24.3 Å². The molecule has 4 heteroatoms. The van der Waals surface area contributed by atoms with Crippen molar-refractivity contribution < 1.29 is 9.90 Å². The van der Waals surface area contributed by atoms with Crippen LogP contribution in [0.25, 0.3) is 0 Å². The van der Waals surface area contributed by atoms with Crippen LogP contribution in [0.5, 0.6) is 0 Å². The van der Waals surface area contributed by atoms with Gasteiger partial charge in [-0.15, -0.1) is 0 Å². The van der Waals surface area contributed by atoms with Crippen LogP contribution in [-0.2, 0) is 11.3 Å². The monoisotopic (exact) mass is 248 g/mol. The van der Waals surface area contributed by atoms with Crippen molar-refractivity contribution in [2.75, 3.05) is 19.6 Å². The van der Waals surface area contributed by atoms with E-state index in [2.05, 4.69) is 5.32 Å². The number of aliphatic hydroxyl groups excluding tert-OH is 1. The number of hydrogen-bond donors (Lipinski definition) is 2. The van der Waals surface area contributed by atoms with E-state index in [9.17, 15) is 9.90 Å². The van der Waals surface area contributed by atoms with Gasteiger partial charge in [0, 0.05) is 19.6 Å². The highest BCUT2D eigenvalue weighted by Gasteiger charge is 2.21. The van der Waals surface area contributed by atoms with Crippen molar-refractivity contribution in [2.45, 2.75) is 26.0 Å². The second-order valence-corrected chi connectivity index (χ2v) is 4.94. The maximum absolute atomic E-state index is 11.7. The molecule has 1 aromatic rings. The van der Waals surface area contributed by atoms with Gasteiger partial charge in [0.15, 0.2) is 0 Å². The van der Waals surface area contributed by atoms with E-state index in [0.29, 0.717) is 19.6 Å².